The van der Waals surface area contributed by atoms with Crippen molar-refractivity contribution in [2.75, 3.05) is 57.4 Å². The summed E-state index contributed by atoms with van der Waals surface area (Å²) in [5.41, 5.74) is 5.21. The van der Waals surface area contributed by atoms with E-state index in [1.165, 1.54) is 0 Å². The molecule has 206 valence electrons. The highest BCUT2D eigenvalue weighted by Crippen LogP contribution is 2.36. The van der Waals surface area contributed by atoms with Crippen LogP contribution in [0.4, 0.5) is 19.0 Å². The van der Waals surface area contributed by atoms with Gasteiger partial charge in [0.1, 0.15) is 11.9 Å². The van der Waals surface area contributed by atoms with Crippen LogP contribution in [0.2, 0.25) is 0 Å². The Morgan fingerprint density at radius 3 is 2.63 bits per heavy atom. The Hall–Kier alpha value is -2.95. The number of fused-ring (bicyclic) bond motifs is 1. The fraction of sp³-hybridized carbons (Fsp3) is 0.680. The fourth-order valence-electron chi connectivity index (χ4n) is 6.32. The standard InChI is InChI=1S/C25H32F3N7O3/c26-25(27,28)23-20(10-31-32-24(23)37)35-6-1-2-19(35)15-38-7-5-22(36)34-13-17-11-33(12-18(17)14-34)21-4-3-16(8-29)9-30-21/h3-4,9,17-20,23,31H,1-2,5-7,10-15H2,(H,32,37)/t17?,18?,19-,20?,23?/m0/s1. The lowest BCUT2D eigenvalue weighted by Crippen LogP contribution is -2.65. The highest BCUT2D eigenvalue weighted by Gasteiger charge is 2.54. The SMILES string of the molecule is N#Cc1ccc(N2CC3CN(C(=O)CCOC[C@@H]4CCCN4C4CNNC(=O)C4C(F)(F)F)CC3C2)nc1. The van der Waals surface area contributed by atoms with Gasteiger partial charge in [0.15, 0.2) is 5.92 Å². The van der Waals surface area contributed by atoms with Crippen LogP contribution in [0.5, 0.6) is 0 Å². The maximum Gasteiger partial charge on any atom is 0.402 e. The first-order valence-corrected chi connectivity index (χ1v) is 13.1. The molecule has 4 aliphatic heterocycles. The molecule has 1 aromatic heterocycles. The molecule has 5 atom stereocenters. The number of hydrogen-bond acceptors (Lipinski definition) is 8. The number of anilines is 1. The number of amides is 2. The van der Waals surface area contributed by atoms with E-state index in [2.05, 4.69) is 26.8 Å². The second-order valence-electron chi connectivity index (χ2n) is 10.6. The lowest BCUT2D eigenvalue weighted by atomic mass is 9.94. The lowest BCUT2D eigenvalue weighted by Gasteiger charge is -2.40. The molecule has 0 saturated carbocycles. The molecule has 0 bridgehead atoms. The van der Waals surface area contributed by atoms with Crippen molar-refractivity contribution < 1.29 is 27.5 Å². The normalized spacial score (nSPS) is 29.8. The van der Waals surface area contributed by atoms with Gasteiger partial charge in [-0.3, -0.25) is 19.9 Å². The van der Waals surface area contributed by atoms with Gasteiger partial charge in [-0.2, -0.15) is 18.4 Å². The predicted octanol–water partition coefficient (Wildman–Crippen LogP) is 0.900. The number of nitriles is 1. The summed E-state index contributed by atoms with van der Waals surface area (Å²) in [4.78, 5) is 34.9. The van der Waals surface area contributed by atoms with Crippen molar-refractivity contribution in [2.24, 2.45) is 17.8 Å². The largest absolute Gasteiger partial charge is 0.402 e. The summed E-state index contributed by atoms with van der Waals surface area (Å²) >= 11 is 0. The molecule has 0 aromatic carbocycles. The first-order valence-electron chi connectivity index (χ1n) is 13.1. The van der Waals surface area contributed by atoms with Crippen molar-refractivity contribution in [2.45, 2.75) is 37.5 Å². The molecule has 2 amide bonds. The maximum atomic E-state index is 13.6. The number of hydrazine groups is 1. The molecule has 4 aliphatic rings. The van der Waals surface area contributed by atoms with Gasteiger partial charge in [-0.25, -0.2) is 10.4 Å². The van der Waals surface area contributed by atoms with E-state index < -0.39 is 24.0 Å². The predicted molar refractivity (Wildman–Crippen MR) is 129 cm³/mol. The van der Waals surface area contributed by atoms with Crippen molar-refractivity contribution >= 4 is 17.6 Å². The second-order valence-corrected chi connectivity index (χ2v) is 10.6. The minimum Gasteiger partial charge on any atom is -0.379 e. The summed E-state index contributed by atoms with van der Waals surface area (Å²) in [6.45, 7) is 3.93. The van der Waals surface area contributed by atoms with Gasteiger partial charge in [0.05, 0.1) is 25.2 Å². The number of ether oxygens (including phenoxy) is 1. The van der Waals surface area contributed by atoms with Gasteiger partial charge in [0.2, 0.25) is 11.8 Å². The fourth-order valence-corrected chi connectivity index (χ4v) is 6.32. The summed E-state index contributed by atoms with van der Waals surface area (Å²) in [7, 11) is 0. The molecule has 5 rings (SSSR count). The number of carbonyl (C=O) groups excluding carboxylic acids is 2. The highest BCUT2D eigenvalue weighted by molar-refractivity contribution is 5.80. The zero-order valence-corrected chi connectivity index (χ0v) is 21.0. The molecule has 4 fully saturated rings. The number of carbonyl (C=O) groups is 2. The number of halogens is 3. The molecular weight excluding hydrogens is 503 g/mol. The van der Waals surface area contributed by atoms with E-state index in [1.54, 1.807) is 17.2 Å². The van der Waals surface area contributed by atoms with Gasteiger partial charge in [-0.1, -0.05) is 0 Å². The second kappa shape index (κ2) is 11.0. The zero-order chi connectivity index (χ0) is 26.9. The summed E-state index contributed by atoms with van der Waals surface area (Å²) in [5.74, 6) is -1.53. The van der Waals surface area contributed by atoms with Crippen molar-refractivity contribution in [1.82, 2.24) is 25.6 Å². The average Bonchev–Trinajstić information content (AvgIpc) is 3.61. The van der Waals surface area contributed by atoms with Gasteiger partial charge >= 0.3 is 6.18 Å². The van der Waals surface area contributed by atoms with Gasteiger partial charge in [-0.05, 0) is 31.5 Å². The van der Waals surface area contributed by atoms with Crippen LogP contribution in [0.1, 0.15) is 24.8 Å². The number of rotatable bonds is 7. The quantitative estimate of drug-likeness (QED) is 0.496. The topological polar surface area (TPSA) is 114 Å². The van der Waals surface area contributed by atoms with E-state index in [9.17, 15) is 22.8 Å². The molecule has 2 N–H and O–H groups in total. The van der Waals surface area contributed by atoms with Crippen LogP contribution in [0, 0.1) is 29.1 Å². The van der Waals surface area contributed by atoms with Gasteiger partial charge in [0, 0.05) is 62.8 Å². The minimum absolute atomic E-state index is 0.0147. The van der Waals surface area contributed by atoms with Crippen molar-refractivity contribution in [3.63, 3.8) is 0 Å². The smallest absolute Gasteiger partial charge is 0.379 e. The summed E-state index contributed by atoms with van der Waals surface area (Å²) < 4.78 is 46.5. The Bertz CT molecular complexity index is 1050. The highest BCUT2D eigenvalue weighted by atomic mass is 19.4. The molecule has 1 aromatic rings. The molecule has 0 spiro atoms. The third-order valence-corrected chi connectivity index (χ3v) is 8.20. The van der Waals surface area contributed by atoms with E-state index in [0.717, 1.165) is 25.3 Å². The van der Waals surface area contributed by atoms with Crippen LogP contribution in [0.15, 0.2) is 18.3 Å². The number of nitrogens with one attached hydrogen (secondary N) is 2. The third-order valence-electron chi connectivity index (χ3n) is 8.20. The number of likely N-dealkylation sites (tertiary alicyclic amines) is 2. The minimum atomic E-state index is -4.62. The third kappa shape index (κ3) is 5.57. The van der Waals surface area contributed by atoms with Crippen LogP contribution < -0.4 is 15.8 Å². The van der Waals surface area contributed by atoms with E-state index in [1.807, 2.05) is 11.0 Å². The zero-order valence-electron chi connectivity index (χ0n) is 21.0. The first kappa shape index (κ1) is 26.6. The Kier molecular flexibility index (Phi) is 7.74. The van der Waals surface area contributed by atoms with Crippen LogP contribution in [-0.4, -0.2) is 97.3 Å². The molecule has 38 heavy (non-hydrogen) atoms. The first-order chi connectivity index (χ1) is 18.2. The van der Waals surface area contributed by atoms with E-state index in [4.69, 9.17) is 10.00 Å². The molecule has 10 nitrogen and oxygen atoms in total. The van der Waals surface area contributed by atoms with E-state index >= 15 is 0 Å². The van der Waals surface area contributed by atoms with Crippen LogP contribution in [-0.2, 0) is 14.3 Å². The van der Waals surface area contributed by atoms with Gasteiger partial charge in [0.25, 0.3) is 0 Å². The number of aromatic nitrogens is 1. The maximum absolute atomic E-state index is 13.6. The van der Waals surface area contributed by atoms with Crippen LogP contribution in [0.25, 0.3) is 0 Å². The lowest BCUT2D eigenvalue weighted by molar-refractivity contribution is -0.201. The Balaban J connectivity index is 1.05. The Morgan fingerprint density at radius 2 is 1.97 bits per heavy atom. The van der Waals surface area contributed by atoms with Crippen molar-refractivity contribution in [1.29, 1.82) is 5.26 Å². The molecule has 5 heterocycles. The number of nitrogens with zero attached hydrogens (tertiary/aromatic N) is 5. The molecule has 13 heteroatoms. The molecule has 4 unspecified atom stereocenters. The molecule has 0 aliphatic carbocycles. The molecular formula is C25H32F3N7O3. The van der Waals surface area contributed by atoms with E-state index in [-0.39, 0.29) is 38.1 Å². The summed E-state index contributed by atoms with van der Waals surface area (Å²) in [6.07, 6.45) is -1.40. The van der Waals surface area contributed by atoms with Crippen molar-refractivity contribution in [3.8, 4) is 6.07 Å². The van der Waals surface area contributed by atoms with Gasteiger partial charge in [-0.15, -0.1) is 0 Å². The van der Waals surface area contributed by atoms with Gasteiger partial charge < -0.3 is 14.5 Å². The Morgan fingerprint density at radius 1 is 1.21 bits per heavy atom. The summed E-state index contributed by atoms with van der Waals surface area (Å²) in [5, 5.41) is 8.94. The number of hydrogen-bond donors (Lipinski definition) is 2. The van der Waals surface area contributed by atoms with Crippen molar-refractivity contribution in [3.05, 3.63) is 23.9 Å². The number of pyridine rings is 1. The Labute approximate surface area is 219 Å². The monoisotopic (exact) mass is 535 g/mol. The van der Waals surface area contributed by atoms with Crippen LogP contribution >= 0.6 is 0 Å². The average molecular weight is 536 g/mol. The molecule has 0 radical (unpaired) electrons. The van der Waals surface area contributed by atoms with Crippen LogP contribution in [0.3, 0.4) is 0 Å². The molecule has 4 saturated heterocycles. The summed E-state index contributed by atoms with van der Waals surface area (Å²) in [6, 6.07) is 4.48. The van der Waals surface area contributed by atoms with E-state index in [0.29, 0.717) is 43.5 Å². The number of alkyl halides is 3.